The fraction of sp³-hybridized carbons (Fsp3) is 0.250. The minimum absolute atomic E-state index is 0.178. The second kappa shape index (κ2) is 5.58. The van der Waals surface area contributed by atoms with Crippen molar-refractivity contribution in [2.75, 3.05) is 7.11 Å². The molecule has 116 valence electrons. The molecule has 0 spiro atoms. The van der Waals surface area contributed by atoms with Gasteiger partial charge in [-0.25, -0.2) is 0 Å². The van der Waals surface area contributed by atoms with E-state index in [1.165, 1.54) is 0 Å². The van der Waals surface area contributed by atoms with E-state index in [0.29, 0.717) is 12.8 Å². The number of benzene rings is 2. The first-order valence-electron chi connectivity index (χ1n) is 7.89. The average Bonchev–Trinajstić information content (AvgIpc) is 2.60. The van der Waals surface area contributed by atoms with Crippen LogP contribution in [0, 0.1) is 0 Å². The fourth-order valence-electron chi connectivity index (χ4n) is 3.41. The van der Waals surface area contributed by atoms with Crippen LogP contribution in [0.3, 0.4) is 0 Å². The molecule has 0 radical (unpaired) electrons. The Morgan fingerprint density at radius 2 is 1.83 bits per heavy atom. The normalized spacial score (nSPS) is 19.7. The van der Waals surface area contributed by atoms with Crippen molar-refractivity contribution in [1.82, 2.24) is 0 Å². The second-order valence-electron chi connectivity index (χ2n) is 6.09. The number of hydrogen-bond donors (Lipinski definition) is 0. The number of ketones is 1. The summed E-state index contributed by atoms with van der Waals surface area (Å²) < 4.78 is 11.2. The van der Waals surface area contributed by atoms with Crippen LogP contribution in [0.1, 0.15) is 29.9 Å². The molecule has 0 aromatic heterocycles. The Morgan fingerprint density at radius 1 is 1.04 bits per heavy atom. The summed E-state index contributed by atoms with van der Waals surface area (Å²) in [7, 11) is 1.66. The van der Waals surface area contributed by atoms with Gasteiger partial charge in [0.05, 0.1) is 7.11 Å². The van der Waals surface area contributed by atoms with Crippen LogP contribution in [-0.4, -0.2) is 12.9 Å². The number of Topliss-reactive ketones (excluding diaryl/α,β-unsaturated/α-hetero) is 1. The van der Waals surface area contributed by atoms with E-state index in [-0.39, 0.29) is 11.7 Å². The van der Waals surface area contributed by atoms with E-state index in [0.717, 1.165) is 40.4 Å². The Labute approximate surface area is 135 Å². The van der Waals surface area contributed by atoms with Crippen molar-refractivity contribution in [3.05, 3.63) is 71.0 Å². The summed E-state index contributed by atoms with van der Waals surface area (Å²) in [5.74, 6) is 2.95. The van der Waals surface area contributed by atoms with Crippen molar-refractivity contribution in [3.8, 4) is 11.5 Å². The summed E-state index contributed by atoms with van der Waals surface area (Å²) in [5, 5.41) is 0. The highest BCUT2D eigenvalue weighted by atomic mass is 16.5. The molecule has 2 aromatic rings. The Hall–Kier alpha value is -2.55. The first-order chi connectivity index (χ1) is 11.2. The summed E-state index contributed by atoms with van der Waals surface area (Å²) in [6, 6.07) is 15.9. The van der Waals surface area contributed by atoms with Crippen LogP contribution in [0.25, 0.3) is 0 Å². The van der Waals surface area contributed by atoms with E-state index in [1.54, 1.807) is 7.11 Å². The van der Waals surface area contributed by atoms with Gasteiger partial charge in [-0.3, -0.25) is 4.79 Å². The van der Waals surface area contributed by atoms with Gasteiger partial charge in [-0.05, 0) is 35.2 Å². The van der Waals surface area contributed by atoms with Crippen LogP contribution in [0.15, 0.2) is 59.9 Å². The highest BCUT2D eigenvalue weighted by Gasteiger charge is 2.33. The average molecular weight is 306 g/mol. The zero-order chi connectivity index (χ0) is 15.8. The third-order valence-electron chi connectivity index (χ3n) is 4.70. The van der Waals surface area contributed by atoms with E-state index in [2.05, 4.69) is 0 Å². The van der Waals surface area contributed by atoms with Gasteiger partial charge < -0.3 is 9.47 Å². The lowest BCUT2D eigenvalue weighted by Gasteiger charge is -2.30. The molecule has 2 aliphatic rings. The molecule has 1 unspecified atom stereocenters. The number of rotatable bonds is 2. The molecule has 23 heavy (non-hydrogen) atoms. The third kappa shape index (κ3) is 2.52. The molecule has 0 saturated heterocycles. The van der Waals surface area contributed by atoms with Crippen molar-refractivity contribution in [2.24, 2.45) is 0 Å². The number of fused-ring (bicyclic) bond motifs is 1. The van der Waals surface area contributed by atoms with Crippen molar-refractivity contribution >= 4 is 5.78 Å². The molecule has 2 aromatic carbocycles. The van der Waals surface area contributed by atoms with Gasteiger partial charge in [-0.1, -0.05) is 30.3 Å². The zero-order valence-corrected chi connectivity index (χ0v) is 13.0. The molecule has 1 heterocycles. The van der Waals surface area contributed by atoms with E-state index < -0.39 is 0 Å². The maximum atomic E-state index is 12.6. The Balaban J connectivity index is 1.62. The highest BCUT2D eigenvalue weighted by Crippen LogP contribution is 2.41. The largest absolute Gasteiger partial charge is 0.497 e. The summed E-state index contributed by atoms with van der Waals surface area (Å²) in [6.07, 6.45) is 2.03. The lowest BCUT2D eigenvalue weighted by molar-refractivity contribution is -0.116. The first kappa shape index (κ1) is 14.1. The Bertz CT molecular complexity index is 787. The van der Waals surface area contributed by atoms with Gasteiger partial charge in [0.2, 0.25) is 0 Å². The number of carbonyl (C=O) groups is 1. The van der Waals surface area contributed by atoms with Crippen LogP contribution in [0.2, 0.25) is 0 Å². The number of methoxy groups -OCH3 is 1. The predicted molar refractivity (Wildman–Crippen MR) is 87.8 cm³/mol. The fourth-order valence-corrected chi connectivity index (χ4v) is 3.41. The quantitative estimate of drug-likeness (QED) is 0.840. The molecule has 0 fully saturated rings. The van der Waals surface area contributed by atoms with Gasteiger partial charge in [0.15, 0.2) is 5.78 Å². The van der Waals surface area contributed by atoms with Crippen LogP contribution >= 0.6 is 0 Å². The smallest absolute Gasteiger partial charge is 0.163 e. The van der Waals surface area contributed by atoms with Crippen molar-refractivity contribution in [1.29, 1.82) is 0 Å². The van der Waals surface area contributed by atoms with Crippen molar-refractivity contribution in [3.63, 3.8) is 0 Å². The summed E-state index contributed by atoms with van der Waals surface area (Å²) in [4.78, 5) is 12.6. The molecule has 0 amide bonds. The first-order valence-corrected chi connectivity index (χ1v) is 7.89. The maximum Gasteiger partial charge on any atom is 0.163 e. The highest BCUT2D eigenvalue weighted by molar-refractivity contribution is 5.98. The summed E-state index contributed by atoms with van der Waals surface area (Å²) in [5.41, 5.74) is 3.11. The molecule has 3 nitrogen and oxygen atoms in total. The molecule has 3 heteroatoms. The standard InChI is InChI=1S/C20H18O3/c1-22-16-8-6-13(7-9-16)15-11-18(21)17-10-14-4-2-3-5-19(14)23-20(17)12-15/h2-9,15H,10-12H2,1H3. The summed E-state index contributed by atoms with van der Waals surface area (Å²) >= 11 is 0. The number of ether oxygens (including phenoxy) is 2. The lowest BCUT2D eigenvalue weighted by atomic mass is 9.80. The van der Waals surface area contributed by atoms with Crippen LogP contribution in [-0.2, 0) is 11.2 Å². The van der Waals surface area contributed by atoms with E-state index in [1.807, 2.05) is 48.5 Å². The molecule has 0 bridgehead atoms. The molecule has 1 aliphatic heterocycles. The summed E-state index contributed by atoms with van der Waals surface area (Å²) in [6.45, 7) is 0. The van der Waals surface area contributed by atoms with Gasteiger partial charge in [0.25, 0.3) is 0 Å². The van der Waals surface area contributed by atoms with Crippen LogP contribution in [0.5, 0.6) is 11.5 Å². The van der Waals surface area contributed by atoms with Crippen LogP contribution in [0.4, 0.5) is 0 Å². The minimum atomic E-state index is 0.178. The molecule has 1 aliphatic carbocycles. The zero-order valence-electron chi connectivity index (χ0n) is 13.0. The molecule has 0 N–H and O–H groups in total. The number of para-hydroxylation sites is 1. The van der Waals surface area contributed by atoms with Crippen molar-refractivity contribution in [2.45, 2.75) is 25.2 Å². The lowest BCUT2D eigenvalue weighted by Crippen LogP contribution is -2.25. The van der Waals surface area contributed by atoms with Gasteiger partial charge in [0.1, 0.15) is 17.3 Å². The number of hydrogen-bond acceptors (Lipinski definition) is 3. The second-order valence-corrected chi connectivity index (χ2v) is 6.09. The molecule has 1 atom stereocenters. The number of carbonyl (C=O) groups excluding carboxylic acids is 1. The van der Waals surface area contributed by atoms with Crippen LogP contribution < -0.4 is 9.47 Å². The Kier molecular flexibility index (Phi) is 3.41. The molecular formula is C20H18O3. The Morgan fingerprint density at radius 3 is 2.61 bits per heavy atom. The van der Waals surface area contributed by atoms with E-state index in [4.69, 9.17) is 9.47 Å². The van der Waals surface area contributed by atoms with Crippen molar-refractivity contribution < 1.29 is 14.3 Å². The van der Waals surface area contributed by atoms with E-state index >= 15 is 0 Å². The minimum Gasteiger partial charge on any atom is -0.497 e. The molecule has 4 rings (SSSR count). The molecule has 0 saturated carbocycles. The topological polar surface area (TPSA) is 35.5 Å². The van der Waals surface area contributed by atoms with E-state index in [9.17, 15) is 4.79 Å². The van der Waals surface area contributed by atoms with Gasteiger partial charge in [-0.2, -0.15) is 0 Å². The number of allylic oxidation sites excluding steroid dienone is 2. The third-order valence-corrected chi connectivity index (χ3v) is 4.70. The molecular weight excluding hydrogens is 288 g/mol. The maximum absolute atomic E-state index is 12.6. The van der Waals surface area contributed by atoms with Gasteiger partial charge in [-0.15, -0.1) is 0 Å². The predicted octanol–water partition coefficient (Wildman–Crippen LogP) is 4.03. The SMILES string of the molecule is COc1ccc(C2CC(=O)C3=C(C2)Oc2ccccc2C3)cc1. The van der Waals surface area contributed by atoms with Gasteiger partial charge >= 0.3 is 0 Å². The van der Waals surface area contributed by atoms with Gasteiger partial charge in [0, 0.05) is 24.8 Å². The monoisotopic (exact) mass is 306 g/mol.